The van der Waals surface area contributed by atoms with Crippen LogP contribution in [0.25, 0.3) is 17.2 Å². The fourth-order valence-electron chi connectivity index (χ4n) is 6.43. The van der Waals surface area contributed by atoms with E-state index in [4.69, 9.17) is 17.3 Å². The van der Waals surface area contributed by atoms with Crippen molar-refractivity contribution in [2.45, 2.75) is 78.5 Å². The molecule has 3 atom stereocenters. The summed E-state index contributed by atoms with van der Waals surface area (Å²) in [5.41, 5.74) is 11.9. The van der Waals surface area contributed by atoms with Gasteiger partial charge in [0.15, 0.2) is 0 Å². The second-order valence-electron chi connectivity index (χ2n) is 12.8. The molecule has 13 heteroatoms. The summed E-state index contributed by atoms with van der Waals surface area (Å²) in [4.78, 5) is 53.6. The molecule has 2 aromatic heterocycles. The van der Waals surface area contributed by atoms with E-state index in [-0.39, 0.29) is 18.2 Å². The molecule has 0 spiro atoms. The van der Waals surface area contributed by atoms with Gasteiger partial charge in [0.2, 0.25) is 17.7 Å². The summed E-state index contributed by atoms with van der Waals surface area (Å²) in [5.74, 6) is -1.10. The van der Waals surface area contributed by atoms with Crippen LogP contribution in [0.4, 0.5) is 5.69 Å². The van der Waals surface area contributed by atoms with Crippen molar-refractivity contribution in [2.24, 2.45) is 5.73 Å². The lowest BCUT2D eigenvalue weighted by Crippen LogP contribution is -2.56. The van der Waals surface area contributed by atoms with E-state index in [0.29, 0.717) is 46.6 Å². The number of H-pyrrole nitrogens is 1. The summed E-state index contributed by atoms with van der Waals surface area (Å²) in [7, 11) is 1.62. The van der Waals surface area contributed by atoms with E-state index < -0.39 is 24.0 Å². The number of anilines is 1. The lowest BCUT2D eigenvalue weighted by molar-refractivity contribution is -0.140. The van der Waals surface area contributed by atoms with Crippen LogP contribution in [-0.2, 0) is 33.8 Å². The summed E-state index contributed by atoms with van der Waals surface area (Å²) < 4.78 is 0. The van der Waals surface area contributed by atoms with Gasteiger partial charge in [0.05, 0.1) is 21.6 Å². The second kappa shape index (κ2) is 16.5. The lowest BCUT2D eigenvalue weighted by atomic mass is 9.95. The molecule has 0 bridgehead atoms. The van der Waals surface area contributed by atoms with E-state index in [1.54, 1.807) is 20.2 Å². The average Bonchev–Trinajstić information content (AvgIpc) is 3.55. The third kappa shape index (κ3) is 8.37. The molecule has 0 saturated carbocycles. The Kier molecular flexibility index (Phi) is 11.9. The minimum absolute atomic E-state index is 0.250. The Hall–Kier alpha value is -4.07. The van der Waals surface area contributed by atoms with Gasteiger partial charge < -0.3 is 31.6 Å². The molecule has 51 heavy (non-hydrogen) atoms. The molecule has 1 aliphatic carbocycles. The summed E-state index contributed by atoms with van der Waals surface area (Å²) >= 11 is 12.8. The summed E-state index contributed by atoms with van der Waals surface area (Å²) in [6.45, 7) is 2.43. The van der Waals surface area contributed by atoms with Gasteiger partial charge in [0.1, 0.15) is 17.1 Å². The van der Waals surface area contributed by atoms with Gasteiger partial charge in [-0.1, -0.05) is 53.7 Å². The van der Waals surface area contributed by atoms with E-state index >= 15 is 0 Å². The molecule has 10 nitrogen and oxygen atoms in total. The second-order valence-corrected chi connectivity index (χ2v) is 14.7. The normalized spacial score (nSPS) is 19.9. The molecule has 2 aromatic carbocycles. The number of hydrogen-bond donors (Lipinski definition) is 6. The number of nitrogens with zero attached hydrogens (tertiary/aromatic N) is 2. The van der Waals surface area contributed by atoms with Crippen molar-refractivity contribution in [1.82, 2.24) is 25.5 Å². The maximum Gasteiger partial charge on any atom is 0.247 e. The number of rotatable bonds is 6. The number of nitrogens with two attached hydrogens (primary N) is 1. The monoisotopic (exact) mass is 743 g/mol. The summed E-state index contributed by atoms with van der Waals surface area (Å²) in [5, 5.41) is 10.6. The van der Waals surface area contributed by atoms with Crippen molar-refractivity contribution in [3.63, 3.8) is 0 Å². The smallest absolute Gasteiger partial charge is 0.247 e. The quantitative estimate of drug-likeness (QED) is 0.136. The van der Waals surface area contributed by atoms with Crippen LogP contribution in [0.15, 0.2) is 81.8 Å². The molecule has 6 rings (SSSR count). The molecule has 1 aliphatic heterocycles. The van der Waals surface area contributed by atoms with E-state index in [0.717, 1.165) is 51.2 Å². The first kappa shape index (κ1) is 36.7. The first-order valence-electron chi connectivity index (χ1n) is 17.0. The molecular formula is C38H42ClN7O3S2. The number of amides is 3. The minimum Gasteiger partial charge on any atom is -0.361 e. The van der Waals surface area contributed by atoms with Crippen molar-refractivity contribution in [1.29, 1.82) is 0 Å². The Balaban J connectivity index is 1.50. The highest BCUT2D eigenvalue weighted by atomic mass is 35.5. The van der Waals surface area contributed by atoms with Crippen LogP contribution in [-0.4, -0.2) is 64.3 Å². The Morgan fingerprint density at radius 3 is 2.69 bits per heavy atom. The van der Waals surface area contributed by atoms with E-state index in [2.05, 4.69) is 44.6 Å². The first-order chi connectivity index (χ1) is 24.6. The van der Waals surface area contributed by atoms with Gasteiger partial charge in [-0.05, 0) is 91.7 Å². The molecule has 2 aliphatic rings. The summed E-state index contributed by atoms with van der Waals surface area (Å²) in [6.07, 6.45) is 10.6. The molecule has 266 valence electrons. The maximum absolute atomic E-state index is 14.8. The Bertz CT molecular complexity index is 1950. The molecule has 0 saturated heterocycles. The number of halogens is 1. The van der Waals surface area contributed by atoms with Crippen molar-refractivity contribution in [2.75, 3.05) is 18.9 Å². The highest BCUT2D eigenvalue weighted by Gasteiger charge is 2.35. The number of aromatic nitrogens is 2. The van der Waals surface area contributed by atoms with Crippen LogP contribution < -0.4 is 21.7 Å². The number of thiol groups is 1. The number of aromatic amines is 1. The molecule has 3 heterocycles. The van der Waals surface area contributed by atoms with Gasteiger partial charge in [-0.2, -0.15) is 0 Å². The third-order valence-corrected chi connectivity index (χ3v) is 11.3. The number of carbonyl (C=O) groups excluding carboxylic acids is 3. The van der Waals surface area contributed by atoms with Crippen LogP contribution in [0.5, 0.6) is 0 Å². The number of nitrogens with one attached hydrogen (secondary N) is 4. The van der Waals surface area contributed by atoms with E-state index in [1.165, 1.54) is 16.7 Å². The van der Waals surface area contributed by atoms with E-state index in [1.807, 2.05) is 60.8 Å². The number of fused-ring (bicyclic) bond motifs is 3. The largest absolute Gasteiger partial charge is 0.361 e. The standard InChI is InChI=1S/C38H42ClN7O3S2/c1-22-35(47)44-31(10-5-17-40)38(49)46(2)32(19-25-21-43-30-9-4-3-8-27(25)30)36(48)45-33-28(23-11-13-26(50)14-12-23)15-16-29(39)34(33)51-37-24(20-42-22)7-6-18-41-37/h4,6-7,9,11-16,18,21-22,31-32,42-43,50H,3,5,8,10,17,19-20,40H2,1-2H3,(H,44,47)(H,45,48). The highest BCUT2D eigenvalue weighted by Crippen LogP contribution is 2.45. The van der Waals surface area contributed by atoms with Crippen molar-refractivity contribution in [3.05, 3.63) is 94.4 Å². The van der Waals surface area contributed by atoms with Crippen molar-refractivity contribution < 1.29 is 14.4 Å². The minimum atomic E-state index is -0.945. The number of pyridine rings is 1. The number of likely N-dealkylation sites (N-methyl/N-ethyl adjacent to an activating group) is 1. The van der Waals surface area contributed by atoms with Crippen LogP contribution in [0, 0.1) is 0 Å². The molecular weight excluding hydrogens is 702 g/mol. The first-order valence-corrected chi connectivity index (χ1v) is 18.7. The van der Waals surface area contributed by atoms with Crippen LogP contribution >= 0.6 is 36.0 Å². The third-order valence-electron chi connectivity index (χ3n) is 9.38. The van der Waals surface area contributed by atoms with Crippen LogP contribution in [0.1, 0.15) is 48.6 Å². The zero-order valence-electron chi connectivity index (χ0n) is 28.5. The van der Waals surface area contributed by atoms with Gasteiger partial charge in [-0.15, -0.1) is 12.6 Å². The zero-order chi connectivity index (χ0) is 36.1. The molecule has 0 radical (unpaired) electrons. The van der Waals surface area contributed by atoms with Gasteiger partial charge in [0.25, 0.3) is 0 Å². The highest BCUT2D eigenvalue weighted by molar-refractivity contribution is 7.99. The fraction of sp³-hybridized carbons (Fsp3) is 0.316. The van der Waals surface area contributed by atoms with Gasteiger partial charge >= 0.3 is 0 Å². The topological polar surface area (TPSA) is 145 Å². The fourth-order valence-corrected chi connectivity index (χ4v) is 7.86. The van der Waals surface area contributed by atoms with Crippen molar-refractivity contribution in [3.8, 4) is 11.1 Å². The number of allylic oxidation sites excluding steroid dienone is 1. The molecule has 3 unspecified atom stereocenters. The van der Waals surface area contributed by atoms with Gasteiger partial charge in [-0.25, -0.2) is 4.98 Å². The SMILES string of the molecule is CC1NCc2cccnc2Sc2c(Cl)ccc(-c3ccc(S)cc3)c2NC(=O)C(Cc2c[nH]c3c2CCC=C3)N(C)C(=O)C(CCCN)NC1=O. The van der Waals surface area contributed by atoms with Gasteiger partial charge in [-0.3, -0.25) is 14.4 Å². The maximum atomic E-state index is 14.8. The number of hydrogen-bond acceptors (Lipinski definition) is 8. The van der Waals surface area contributed by atoms with Crippen LogP contribution in [0.2, 0.25) is 5.02 Å². The predicted molar refractivity (Wildman–Crippen MR) is 206 cm³/mol. The predicted octanol–water partition coefficient (Wildman–Crippen LogP) is 5.85. The Morgan fingerprint density at radius 1 is 1.10 bits per heavy atom. The molecule has 6 N–H and O–H groups in total. The lowest BCUT2D eigenvalue weighted by Gasteiger charge is -2.32. The Morgan fingerprint density at radius 2 is 1.90 bits per heavy atom. The summed E-state index contributed by atoms with van der Waals surface area (Å²) in [6, 6.07) is 12.7. The number of carbonyl (C=O) groups is 3. The zero-order valence-corrected chi connectivity index (χ0v) is 31.0. The molecule has 4 aromatic rings. The van der Waals surface area contributed by atoms with E-state index in [9.17, 15) is 14.4 Å². The average molecular weight is 744 g/mol. The Labute approximate surface area is 312 Å². The van der Waals surface area contributed by atoms with Crippen molar-refractivity contribution >= 4 is 65.5 Å². The van der Waals surface area contributed by atoms with Crippen LogP contribution in [0.3, 0.4) is 0 Å². The van der Waals surface area contributed by atoms with Gasteiger partial charge in [0, 0.05) is 48.6 Å². The molecule has 3 amide bonds. The number of benzene rings is 2. The molecule has 0 fully saturated rings.